The van der Waals surface area contributed by atoms with Crippen molar-refractivity contribution in [3.8, 4) is 0 Å². The first-order valence-corrected chi connectivity index (χ1v) is 5.56. The second kappa shape index (κ2) is 6.78. The summed E-state index contributed by atoms with van der Waals surface area (Å²) in [5, 5.41) is 26.3. The molecule has 0 radical (unpaired) electrons. The van der Waals surface area contributed by atoms with Gasteiger partial charge in [-0.15, -0.1) is 10.2 Å². The van der Waals surface area contributed by atoms with Gasteiger partial charge in [-0.2, -0.15) is 0 Å². The Bertz CT molecular complexity index is 282. The van der Waals surface area contributed by atoms with E-state index in [9.17, 15) is 5.11 Å². The summed E-state index contributed by atoms with van der Waals surface area (Å²) in [5.41, 5.74) is 0. The van der Waals surface area contributed by atoms with Gasteiger partial charge in [-0.25, -0.2) is 0 Å². The van der Waals surface area contributed by atoms with E-state index >= 15 is 0 Å². The monoisotopic (exact) mass is 233 g/mol. The molecule has 15 heavy (non-hydrogen) atoms. The largest absolute Gasteiger partial charge is 0.394 e. The van der Waals surface area contributed by atoms with E-state index in [0.29, 0.717) is 5.75 Å². The molecule has 2 N–H and O–H groups in total. The van der Waals surface area contributed by atoms with Crippen molar-refractivity contribution in [3.05, 3.63) is 6.33 Å². The number of aliphatic hydroxyl groups excluding tert-OH is 2. The van der Waals surface area contributed by atoms with Crippen LogP contribution in [-0.2, 0) is 11.8 Å². The summed E-state index contributed by atoms with van der Waals surface area (Å²) in [5.74, 6) is 0.498. The van der Waals surface area contributed by atoms with Gasteiger partial charge < -0.3 is 19.5 Å². The quantitative estimate of drug-likeness (QED) is 0.478. The highest BCUT2D eigenvalue weighted by Crippen LogP contribution is 2.14. The first-order valence-electron chi connectivity index (χ1n) is 4.57. The fraction of sp³-hybridized carbons (Fsp3) is 0.750. The Morgan fingerprint density at radius 2 is 2.47 bits per heavy atom. The molecule has 1 aromatic rings. The van der Waals surface area contributed by atoms with Crippen LogP contribution in [0.1, 0.15) is 0 Å². The SMILES string of the molecule is Cn1cnnc1SC[C@@H](O)COCCO. The van der Waals surface area contributed by atoms with E-state index < -0.39 is 6.10 Å². The number of thioether (sulfide) groups is 1. The van der Waals surface area contributed by atoms with Crippen molar-refractivity contribution in [1.82, 2.24) is 14.8 Å². The van der Waals surface area contributed by atoms with Crippen molar-refractivity contribution in [2.24, 2.45) is 7.05 Å². The van der Waals surface area contributed by atoms with Gasteiger partial charge in [0.1, 0.15) is 6.33 Å². The molecule has 0 saturated heterocycles. The Labute approximate surface area is 92.3 Å². The van der Waals surface area contributed by atoms with Crippen LogP contribution in [0.25, 0.3) is 0 Å². The summed E-state index contributed by atoms with van der Waals surface area (Å²) in [6, 6.07) is 0. The summed E-state index contributed by atoms with van der Waals surface area (Å²) in [6.07, 6.45) is 1.05. The molecule has 1 atom stereocenters. The zero-order chi connectivity index (χ0) is 11.1. The molecule has 6 nitrogen and oxygen atoms in total. The lowest BCUT2D eigenvalue weighted by molar-refractivity contribution is 0.0311. The molecular weight excluding hydrogens is 218 g/mol. The van der Waals surface area contributed by atoms with Crippen LogP contribution in [-0.4, -0.2) is 56.7 Å². The van der Waals surface area contributed by atoms with Crippen molar-refractivity contribution in [1.29, 1.82) is 0 Å². The molecule has 0 unspecified atom stereocenters. The fourth-order valence-corrected chi connectivity index (χ4v) is 1.70. The molecule has 0 aromatic carbocycles. The van der Waals surface area contributed by atoms with E-state index in [1.807, 2.05) is 7.05 Å². The molecule has 0 amide bonds. The average Bonchev–Trinajstić information content (AvgIpc) is 2.61. The maximum Gasteiger partial charge on any atom is 0.190 e. The Morgan fingerprint density at radius 3 is 3.07 bits per heavy atom. The van der Waals surface area contributed by atoms with Crippen LogP contribution >= 0.6 is 11.8 Å². The highest BCUT2D eigenvalue weighted by atomic mass is 32.2. The molecule has 1 rings (SSSR count). The standard InChI is InChI=1S/C8H15N3O3S/c1-11-6-9-10-8(11)15-5-7(13)4-14-3-2-12/h6-7,12-13H,2-5H2,1H3/t7-/m0/s1. The van der Waals surface area contributed by atoms with Crippen LogP contribution < -0.4 is 0 Å². The summed E-state index contributed by atoms with van der Waals surface area (Å²) in [7, 11) is 1.84. The van der Waals surface area contributed by atoms with Crippen LogP contribution in [0, 0.1) is 0 Å². The highest BCUT2D eigenvalue weighted by molar-refractivity contribution is 7.99. The summed E-state index contributed by atoms with van der Waals surface area (Å²) in [4.78, 5) is 0. The minimum atomic E-state index is -0.557. The lowest BCUT2D eigenvalue weighted by Gasteiger charge is -2.09. The van der Waals surface area contributed by atoms with Crippen molar-refractivity contribution >= 4 is 11.8 Å². The van der Waals surface area contributed by atoms with Crippen LogP contribution in [0.2, 0.25) is 0 Å². The molecule has 0 fully saturated rings. The summed E-state index contributed by atoms with van der Waals surface area (Å²) < 4.78 is 6.77. The van der Waals surface area contributed by atoms with Gasteiger partial charge in [0, 0.05) is 12.8 Å². The van der Waals surface area contributed by atoms with Crippen molar-refractivity contribution < 1.29 is 14.9 Å². The Kier molecular flexibility index (Phi) is 5.62. The average molecular weight is 233 g/mol. The van der Waals surface area contributed by atoms with Gasteiger partial charge in [-0.1, -0.05) is 11.8 Å². The van der Waals surface area contributed by atoms with Gasteiger partial charge in [-0.3, -0.25) is 0 Å². The molecule has 7 heteroatoms. The van der Waals surface area contributed by atoms with Gasteiger partial charge in [0.25, 0.3) is 0 Å². The number of hydrogen-bond donors (Lipinski definition) is 2. The predicted molar refractivity (Wildman–Crippen MR) is 55.6 cm³/mol. The van der Waals surface area contributed by atoms with Crippen LogP contribution in [0.3, 0.4) is 0 Å². The molecule has 0 spiro atoms. The van der Waals surface area contributed by atoms with Gasteiger partial charge >= 0.3 is 0 Å². The lowest BCUT2D eigenvalue weighted by Crippen LogP contribution is -2.19. The first-order chi connectivity index (χ1) is 7.24. The number of ether oxygens (including phenoxy) is 1. The van der Waals surface area contributed by atoms with Gasteiger partial charge in [-0.05, 0) is 0 Å². The normalized spacial score (nSPS) is 13.0. The van der Waals surface area contributed by atoms with Crippen molar-refractivity contribution in [2.45, 2.75) is 11.3 Å². The Balaban J connectivity index is 2.16. The molecule has 0 aliphatic rings. The van der Waals surface area contributed by atoms with Crippen LogP contribution in [0.5, 0.6) is 0 Å². The molecule has 0 aliphatic carbocycles. The molecule has 1 heterocycles. The van der Waals surface area contributed by atoms with E-state index in [1.54, 1.807) is 10.9 Å². The fourth-order valence-electron chi connectivity index (χ4n) is 0.906. The molecule has 0 saturated carbocycles. The third-order valence-corrected chi connectivity index (χ3v) is 2.80. The first kappa shape index (κ1) is 12.4. The Morgan fingerprint density at radius 1 is 1.67 bits per heavy atom. The van der Waals surface area contributed by atoms with E-state index in [2.05, 4.69) is 10.2 Å². The number of nitrogens with zero attached hydrogens (tertiary/aromatic N) is 3. The molecule has 0 aliphatic heterocycles. The van der Waals surface area contributed by atoms with Crippen molar-refractivity contribution in [3.63, 3.8) is 0 Å². The van der Waals surface area contributed by atoms with Gasteiger partial charge in [0.05, 0.1) is 25.9 Å². The number of aliphatic hydroxyl groups is 2. The van der Waals surface area contributed by atoms with Crippen LogP contribution in [0.15, 0.2) is 11.5 Å². The van der Waals surface area contributed by atoms with Crippen LogP contribution in [0.4, 0.5) is 0 Å². The van der Waals surface area contributed by atoms with Gasteiger partial charge in [0.2, 0.25) is 0 Å². The van der Waals surface area contributed by atoms with E-state index in [1.165, 1.54) is 11.8 Å². The van der Waals surface area contributed by atoms with E-state index in [-0.39, 0.29) is 19.8 Å². The maximum absolute atomic E-state index is 9.48. The van der Waals surface area contributed by atoms with E-state index in [4.69, 9.17) is 9.84 Å². The number of hydrogen-bond acceptors (Lipinski definition) is 6. The number of aromatic nitrogens is 3. The second-order valence-corrected chi connectivity index (χ2v) is 3.97. The third-order valence-electron chi connectivity index (χ3n) is 1.62. The smallest absolute Gasteiger partial charge is 0.190 e. The predicted octanol–water partition coefficient (Wildman–Crippen LogP) is -0.723. The third kappa shape index (κ3) is 4.61. The van der Waals surface area contributed by atoms with E-state index in [0.717, 1.165) is 5.16 Å². The van der Waals surface area contributed by atoms with Gasteiger partial charge in [0.15, 0.2) is 5.16 Å². The Hall–Kier alpha value is -0.630. The highest BCUT2D eigenvalue weighted by Gasteiger charge is 2.08. The second-order valence-electron chi connectivity index (χ2n) is 2.99. The minimum Gasteiger partial charge on any atom is -0.394 e. The zero-order valence-corrected chi connectivity index (χ0v) is 9.35. The number of aryl methyl sites for hydroxylation is 1. The summed E-state index contributed by atoms with van der Waals surface area (Å²) >= 11 is 1.42. The topological polar surface area (TPSA) is 80.4 Å². The summed E-state index contributed by atoms with van der Waals surface area (Å²) in [6.45, 7) is 0.459. The molecule has 1 aromatic heterocycles. The molecule has 0 bridgehead atoms. The lowest BCUT2D eigenvalue weighted by atomic mass is 10.4. The molecule has 86 valence electrons. The zero-order valence-electron chi connectivity index (χ0n) is 8.54. The minimum absolute atomic E-state index is 0.0247. The number of rotatable bonds is 7. The van der Waals surface area contributed by atoms with Crippen molar-refractivity contribution in [2.75, 3.05) is 25.6 Å². The molecular formula is C8H15N3O3S. The maximum atomic E-state index is 9.48.